The molecule has 0 radical (unpaired) electrons. The van der Waals surface area contributed by atoms with Gasteiger partial charge in [-0.15, -0.1) is 0 Å². The van der Waals surface area contributed by atoms with Crippen LogP contribution in [0.4, 0.5) is 0 Å². The number of ether oxygens (including phenoxy) is 2. The Bertz CT molecular complexity index is 310. The molecule has 92 valence electrons. The Morgan fingerprint density at radius 2 is 2.19 bits per heavy atom. The van der Waals surface area contributed by atoms with E-state index in [1.807, 2.05) is 4.68 Å². The molecule has 0 aromatic carbocycles. The van der Waals surface area contributed by atoms with Crippen LogP contribution >= 0.6 is 0 Å². The van der Waals surface area contributed by atoms with Gasteiger partial charge in [-0.1, -0.05) is 0 Å². The molecule has 0 bridgehead atoms. The van der Waals surface area contributed by atoms with Gasteiger partial charge in [0.2, 0.25) is 0 Å². The van der Waals surface area contributed by atoms with E-state index in [1.165, 1.54) is 0 Å². The lowest BCUT2D eigenvalue weighted by molar-refractivity contribution is 0.198. The lowest BCUT2D eigenvalue weighted by Gasteiger charge is -2.12. The highest BCUT2D eigenvalue weighted by Crippen LogP contribution is 2.20. The molecule has 1 heterocycles. The standard InChI is InChI=1S/C11H21N3O2/c1-9(2)14-10(7-12-5-6-15-3)11(16-4)8-13-14/h8-9,12H,5-7H2,1-4H3. The van der Waals surface area contributed by atoms with Crippen LogP contribution < -0.4 is 10.1 Å². The maximum atomic E-state index is 5.28. The zero-order valence-corrected chi connectivity index (χ0v) is 10.5. The van der Waals surface area contributed by atoms with Crippen molar-refractivity contribution in [2.45, 2.75) is 26.4 Å². The molecule has 0 unspecified atom stereocenters. The summed E-state index contributed by atoms with van der Waals surface area (Å²) in [5.41, 5.74) is 1.08. The van der Waals surface area contributed by atoms with Crippen molar-refractivity contribution in [2.75, 3.05) is 27.4 Å². The Kier molecular flexibility index (Phi) is 5.28. The highest BCUT2D eigenvalue weighted by Gasteiger charge is 2.12. The van der Waals surface area contributed by atoms with Gasteiger partial charge in [-0.3, -0.25) is 4.68 Å². The SMILES string of the molecule is COCCNCc1c(OC)cnn1C(C)C. The van der Waals surface area contributed by atoms with Crippen LogP contribution in [-0.4, -0.2) is 37.2 Å². The van der Waals surface area contributed by atoms with E-state index >= 15 is 0 Å². The zero-order valence-electron chi connectivity index (χ0n) is 10.5. The first-order chi connectivity index (χ1) is 7.70. The van der Waals surface area contributed by atoms with Crippen LogP contribution in [0.1, 0.15) is 25.6 Å². The van der Waals surface area contributed by atoms with Gasteiger partial charge in [0, 0.05) is 26.2 Å². The fraction of sp³-hybridized carbons (Fsp3) is 0.727. The van der Waals surface area contributed by atoms with Crippen LogP contribution in [0.25, 0.3) is 0 Å². The summed E-state index contributed by atoms with van der Waals surface area (Å²) < 4.78 is 12.2. The monoisotopic (exact) mass is 227 g/mol. The third-order valence-corrected chi connectivity index (χ3v) is 2.34. The molecule has 1 N–H and O–H groups in total. The number of methoxy groups -OCH3 is 2. The van der Waals surface area contributed by atoms with Crippen molar-refractivity contribution in [1.82, 2.24) is 15.1 Å². The van der Waals surface area contributed by atoms with E-state index in [1.54, 1.807) is 20.4 Å². The van der Waals surface area contributed by atoms with Gasteiger partial charge in [0.15, 0.2) is 5.75 Å². The molecule has 0 fully saturated rings. The Hall–Kier alpha value is -1.07. The topological polar surface area (TPSA) is 48.3 Å². The highest BCUT2D eigenvalue weighted by molar-refractivity contribution is 5.25. The molecule has 0 saturated heterocycles. The van der Waals surface area contributed by atoms with Crippen LogP contribution in [0.3, 0.4) is 0 Å². The largest absolute Gasteiger partial charge is 0.493 e. The summed E-state index contributed by atoms with van der Waals surface area (Å²) >= 11 is 0. The summed E-state index contributed by atoms with van der Waals surface area (Å²) in [7, 11) is 3.36. The van der Waals surface area contributed by atoms with E-state index in [2.05, 4.69) is 24.3 Å². The normalized spacial score (nSPS) is 11.1. The molecular weight excluding hydrogens is 206 g/mol. The van der Waals surface area contributed by atoms with Gasteiger partial charge < -0.3 is 14.8 Å². The van der Waals surface area contributed by atoms with Gasteiger partial charge in [-0.05, 0) is 13.8 Å². The van der Waals surface area contributed by atoms with Gasteiger partial charge in [0.1, 0.15) is 0 Å². The fourth-order valence-corrected chi connectivity index (χ4v) is 1.54. The summed E-state index contributed by atoms with van der Waals surface area (Å²) in [5, 5.41) is 7.60. The quantitative estimate of drug-likeness (QED) is 0.711. The average molecular weight is 227 g/mol. The highest BCUT2D eigenvalue weighted by atomic mass is 16.5. The lowest BCUT2D eigenvalue weighted by atomic mass is 10.3. The molecule has 1 aromatic rings. The first kappa shape index (κ1) is 13.0. The molecule has 0 aliphatic rings. The van der Waals surface area contributed by atoms with Gasteiger partial charge in [-0.2, -0.15) is 5.10 Å². The number of aromatic nitrogens is 2. The number of rotatable bonds is 7. The molecule has 0 aliphatic carbocycles. The minimum Gasteiger partial charge on any atom is -0.493 e. The van der Waals surface area contributed by atoms with E-state index in [9.17, 15) is 0 Å². The third-order valence-electron chi connectivity index (χ3n) is 2.34. The summed E-state index contributed by atoms with van der Waals surface area (Å²) in [5.74, 6) is 0.832. The molecule has 1 aromatic heterocycles. The van der Waals surface area contributed by atoms with Gasteiger partial charge in [-0.25, -0.2) is 0 Å². The second kappa shape index (κ2) is 6.50. The molecule has 0 atom stereocenters. The van der Waals surface area contributed by atoms with Crippen LogP contribution in [0.15, 0.2) is 6.20 Å². The minimum atomic E-state index is 0.336. The molecule has 16 heavy (non-hydrogen) atoms. The zero-order chi connectivity index (χ0) is 12.0. The summed E-state index contributed by atoms with van der Waals surface area (Å²) in [6, 6.07) is 0.336. The minimum absolute atomic E-state index is 0.336. The number of hydrogen-bond acceptors (Lipinski definition) is 4. The van der Waals surface area contributed by atoms with Gasteiger partial charge in [0.25, 0.3) is 0 Å². The summed E-state index contributed by atoms with van der Waals surface area (Å²) in [6.07, 6.45) is 1.76. The number of nitrogens with zero attached hydrogens (tertiary/aromatic N) is 2. The van der Waals surface area contributed by atoms with E-state index in [-0.39, 0.29) is 0 Å². The number of hydrogen-bond donors (Lipinski definition) is 1. The van der Waals surface area contributed by atoms with Crippen molar-refractivity contribution in [3.8, 4) is 5.75 Å². The van der Waals surface area contributed by atoms with E-state index in [4.69, 9.17) is 9.47 Å². The lowest BCUT2D eigenvalue weighted by Crippen LogP contribution is -2.21. The molecule has 0 amide bonds. The second-order valence-corrected chi connectivity index (χ2v) is 3.87. The van der Waals surface area contributed by atoms with E-state index < -0.39 is 0 Å². The van der Waals surface area contributed by atoms with Crippen molar-refractivity contribution in [2.24, 2.45) is 0 Å². The maximum absolute atomic E-state index is 5.28. The smallest absolute Gasteiger partial charge is 0.161 e. The predicted molar refractivity (Wildman–Crippen MR) is 62.7 cm³/mol. The molecule has 5 heteroatoms. The average Bonchev–Trinajstić information content (AvgIpc) is 2.67. The van der Waals surface area contributed by atoms with Crippen molar-refractivity contribution in [1.29, 1.82) is 0 Å². The summed E-state index contributed by atoms with van der Waals surface area (Å²) in [4.78, 5) is 0. The van der Waals surface area contributed by atoms with Crippen LogP contribution in [0.2, 0.25) is 0 Å². The van der Waals surface area contributed by atoms with Crippen LogP contribution in [-0.2, 0) is 11.3 Å². The first-order valence-corrected chi connectivity index (χ1v) is 5.50. The molecule has 5 nitrogen and oxygen atoms in total. The van der Waals surface area contributed by atoms with Gasteiger partial charge in [0.05, 0.1) is 25.6 Å². The molecule has 0 spiro atoms. The van der Waals surface area contributed by atoms with E-state index in [0.717, 1.165) is 24.5 Å². The number of nitrogens with one attached hydrogen (secondary N) is 1. The fourth-order valence-electron chi connectivity index (χ4n) is 1.54. The molecule has 1 rings (SSSR count). The Labute approximate surface area is 96.7 Å². The molecular formula is C11H21N3O2. The van der Waals surface area contributed by atoms with Crippen molar-refractivity contribution >= 4 is 0 Å². The van der Waals surface area contributed by atoms with E-state index in [0.29, 0.717) is 12.6 Å². The molecule has 0 aliphatic heterocycles. The second-order valence-electron chi connectivity index (χ2n) is 3.87. The van der Waals surface area contributed by atoms with Crippen LogP contribution in [0, 0.1) is 0 Å². The predicted octanol–water partition coefficient (Wildman–Crippen LogP) is 1.21. The Morgan fingerprint density at radius 3 is 2.75 bits per heavy atom. The first-order valence-electron chi connectivity index (χ1n) is 5.50. The van der Waals surface area contributed by atoms with Crippen molar-refractivity contribution in [3.63, 3.8) is 0 Å². The summed E-state index contributed by atoms with van der Waals surface area (Å²) in [6.45, 7) is 6.47. The van der Waals surface area contributed by atoms with Gasteiger partial charge >= 0.3 is 0 Å². The van der Waals surface area contributed by atoms with Crippen LogP contribution in [0.5, 0.6) is 5.75 Å². The Balaban J connectivity index is 2.63. The van der Waals surface area contributed by atoms with Crippen molar-refractivity contribution in [3.05, 3.63) is 11.9 Å². The maximum Gasteiger partial charge on any atom is 0.161 e. The Morgan fingerprint density at radius 1 is 1.44 bits per heavy atom. The van der Waals surface area contributed by atoms with Crippen molar-refractivity contribution < 1.29 is 9.47 Å². The third kappa shape index (κ3) is 3.21. The molecule has 0 saturated carbocycles.